The molecule has 2 aromatic rings. The van der Waals surface area contributed by atoms with Gasteiger partial charge in [-0.3, -0.25) is 14.3 Å². The molecular weight excluding hydrogens is 356 g/mol. The van der Waals surface area contributed by atoms with E-state index in [1.807, 2.05) is 46.1 Å². The van der Waals surface area contributed by atoms with Gasteiger partial charge in [0.2, 0.25) is 11.8 Å². The molecule has 4 rings (SSSR count). The lowest BCUT2D eigenvalue weighted by atomic mass is 9.95. The van der Waals surface area contributed by atoms with Crippen molar-refractivity contribution in [1.29, 1.82) is 0 Å². The molecule has 1 aromatic heterocycles. The quantitative estimate of drug-likeness (QED) is 0.795. The molecule has 1 unspecified atom stereocenters. The van der Waals surface area contributed by atoms with Crippen molar-refractivity contribution in [3.63, 3.8) is 0 Å². The van der Waals surface area contributed by atoms with E-state index >= 15 is 0 Å². The van der Waals surface area contributed by atoms with Crippen molar-refractivity contribution in [2.45, 2.75) is 25.8 Å². The van der Waals surface area contributed by atoms with Crippen molar-refractivity contribution in [3.8, 4) is 5.75 Å². The molecule has 2 aliphatic heterocycles. The molecule has 2 amide bonds. The first kappa shape index (κ1) is 18.5. The van der Waals surface area contributed by atoms with Crippen LogP contribution in [0.25, 0.3) is 0 Å². The zero-order valence-corrected chi connectivity index (χ0v) is 16.2. The lowest BCUT2D eigenvalue weighted by Crippen LogP contribution is -2.43. The van der Waals surface area contributed by atoms with Crippen LogP contribution in [0.4, 0.5) is 5.69 Å². The number of likely N-dealkylation sites (tertiary alicyclic amines) is 1. The summed E-state index contributed by atoms with van der Waals surface area (Å²) in [6.07, 6.45) is 5.99. The zero-order chi connectivity index (χ0) is 19.5. The summed E-state index contributed by atoms with van der Waals surface area (Å²) in [5.74, 6) is 1.00. The highest BCUT2D eigenvalue weighted by molar-refractivity contribution is 6.01. The van der Waals surface area contributed by atoms with Crippen molar-refractivity contribution in [2.24, 2.45) is 11.8 Å². The van der Waals surface area contributed by atoms with Crippen LogP contribution in [0.1, 0.15) is 19.3 Å². The largest absolute Gasteiger partial charge is 0.495 e. The second-order valence-electron chi connectivity index (χ2n) is 7.57. The number of para-hydroxylation sites is 2. The van der Waals surface area contributed by atoms with Crippen LogP contribution in [0.15, 0.2) is 42.7 Å². The normalized spacial score (nSPS) is 20.6. The van der Waals surface area contributed by atoms with E-state index in [0.717, 1.165) is 38.2 Å². The first-order valence-electron chi connectivity index (χ1n) is 9.85. The number of methoxy groups -OCH3 is 1. The smallest absolute Gasteiger partial charge is 0.228 e. The van der Waals surface area contributed by atoms with Gasteiger partial charge in [0.1, 0.15) is 5.75 Å². The Bertz CT molecular complexity index is 828. The number of carbonyl (C=O) groups excluding carboxylic acids is 2. The fourth-order valence-electron chi connectivity index (χ4n) is 4.23. The minimum Gasteiger partial charge on any atom is -0.495 e. The predicted octanol–water partition coefficient (Wildman–Crippen LogP) is 2.18. The topological polar surface area (TPSA) is 67.7 Å². The van der Waals surface area contributed by atoms with Crippen LogP contribution in [0, 0.1) is 11.8 Å². The number of benzene rings is 1. The van der Waals surface area contributed by atoms with Crippen molar-refractivity contribution in [3.05, 3.63) is 42.7 Å². The molecule has 0 bridgehead atoms. The second-order valence-corrected chi connectivity index (χ2v) is 7.57. The van der Waals surface area contributed by atoms with Gasteiger partial charge in [-0.2, -0.15) is 5.10 Å². The van der Waals surface area contributed by atoms with Gasteiger partial charge >= 0.3 is 0 Å². The summed E-state index contributed by atoms with van der Waals surface area (Å²) in [4.78, 5) is 29.2. The summed E-state index contributed by atoms with van der Waals surface area (Å²) in [5, 5.41) is 4.27. The van der Waals surface area contributed by atoms with Gasteiger partial charge in [-0.25, -0.2) is 0 Å². The molecule has 3 heterocycles. The Morgan fingerprint density at radius 2 is 2.00 bits per heavy atom. The summed E-state index contributed by atoms with van der Waals surface area (Å²) >= 11 is 0. The highest BCUT2D eigenvalue weighted by Gasteiger charge is 2.38. The van der Waals surface area contributed by atoms with Crippen molar-refractivity contribution in [1.82, 2.24) is 14.7 Å². The van der Waals surface area contributed by atoms with E-state index in [1.54, 1.807) is 18.2 Å². The molecular formula is C21H26N4O3. The van der Waals surface area contributed by atoms with Crippen LogP contribution >= 0.6 is 0 Å². The minimum absolute atomic E-state index is 0.0172. The molecule has 0 saturated carbocycles. The van der Waals surface area contributed by atoms with Crippen LogP contribution < -0.4 is 9.64 Å². The highest BCUT2D eigenvalue weighted by atomic mass is 16.5. The second kappa shape index (κ2) is 8.04. The number of aromatic nitrogens is 2. The number of ether oxygens (including phenoxy) is 1. The Balaban J connectivity index is 1.35. The monoisotopic (exact) mass is 382 g/mol. The van der Waals surface area contributed by atoms with Crippen LogP contribution in [-0.4, -0.2) is 53.2 Å². The van der Waals surface area contributed by atoms with Crippen LogP contribution in [-0.2, 0) is 16.1 Å². The maximum Gasteiger partial charge on any atom is 0.228 e. The molecule has 0 radical (unpaired) electrons. The van der Waals surface area contributed by atoms with Crippen LogP contribution in [0.5, 0.6) is 5.75 Å². The van der Waals surface area contributed by atoms with Gasteiger partial charge in [0.05, 0.1) is 18.7 Å². The van der Waals surface area contributed by atoms with Gasteiger partial charge in [0.15, 0.2) is 0 Å². The number of carbonyl (C=O) groups is 2. The highest BCUT2D eigenvalue weighted by Crippen LogP contribution is 2.33. The Labute approximate surface area is 164 Å². The summed E-state index contributed by atoms with van der Waals surface area (Å²) in [6.45, 7) is 2.83. The number of piperidine rings is 1. The third kappa shape index (κ3) is 3.74. The molecule has 2 fully saturated rings. The summed E-state index contributed by atoms with van der Waals surface area (Å²) in [6, 6.07) is 9.39. The fraction of sp³-hybridized carbons (Fsp3) is 0.476. The average molecular weight is 382 g/mol. The fourth-order valence-corrected chi connectivity index (χ4v) is 4.23. The van der Waals surface area contributed by atoms with Crippen molar-refractivity contribution in [2.75, 3.05) is 31.6 Å². The zero-order valence-electron chi connectivity index (χ0n) is 16.2. The van der Waals surface area contributed by atoms with Gasteiger partial charge < -0.3 is 14.5 Å². The standard InChI is InChI=1S/C21H26N4O3/c1-28-19-6-3-2-5-18(19)25-15-17(13-20(25)26)21(27)23-11-7-16(8-12-23)14-24-10-4-9-22-24/h2-6,9-10,16-17H,7-8,11-15H2,1H3. The molecule has 7 nitrogen and oxygen atoms in total. The Hall–Kier alpha value is -2.83. The summed E-state index contributed by atoms with van der Waals surface area (Å²) in [7, 11) is 1.59. The maximum absolute atomic E-state index is 13.0. The van der Waals surface area contributed by atoms with Gasteiger partial charge in [-0.05, 0) is 37.0 Å². The number of anilines is 1. The molecule has 28 heavy (non-hydrogen) atoms. The number of hydrogen-bond acceptors (Lipinski definition) is 4. The third-order valence-electron chi connectivity index (χ3n) is 5.78. The average Bonchev–Trinajstić information content (AvgIpc) is 3.37. The molecule has 1 atom stereocenters. The lowest BCUT2D eigenvalue weighted by molar-refractivity contribution is -0.137. The molecule has 7 heteroatoms. The van der Waals surface area contributed by atoms with Gasteiger partial charge in [-0.1, -0.05) is 12.1 Å². The van der Waals surface area contributed by atoms with Gasteiger partial charge in [-0.15, -0.1) is 0 Å². The molecule has 0 aliphatic carbocycles. The maximum atomic E-state index is 13.0. The number of nitrogens with zero attached hydrogens (tertiary/aromatic N) is 4. The van der Waals surface area contributed by atoms with E-state index < -0.39 is 0 Å². The van der Waals surface area contributed by atoms with E-state index in [4.69, 9.17) is 4.74 Å². The van der Waals surface area contributed by atoms with Gasteiger partial charge in [0.25, 0.3) is 0 Å². The molecule has 2 saturated heterocycles. The van der Waals surface area contributed by atoms with Crippen molar-refractivity contribution >= 4 is 17.5 Å². The van der Waals surface area contributed by atoms with E-state index in [0.29, 0.717) is 18.2 Å². The van der Waals surface area contributed by atoms with Gasteiger partial charge in [0, 0.05) is 45.0 Å². The number of rotatable bonds is 5. The molecule has 148 valence electrons. The lowest BCUT2D eigenvalue weighted by Gasteiger charge is -2.33. The molecule has 0 N–H and O–H groups in total. The summed E-state index contributed by atoms with van der Waals surface area (Å²) in [5.41, 5.74) is 0.739. The number of hydrogen-bond donors (Lipinski definition) is 0. The summed E-state index contributed by atoms with van der Waals surface area (Å²) < 4.78 is 7.34. The van der Waals surface area contributed by atoms with Crippen LogP contribution in [0.2, 0.25) is 0 Å². The van der Waals surface area contributed by atoms with Crippen LogP contribution in [0.3, 0.4) is 0 Å². The minimum atomic E-state index is -0.278. The van der Waals surface area contributed by atoms with Crippen molar-refractivity contribution < 1.29 is 14.3 Å². The first-order chi connectivity index (χ1) is 13.7. The Morgan fingerprint density at radius 3 is 2.71 bits per heavy atom. The first-order valence-corrected chi connectivity index (χ1v) is 9.85. The van der Waals surface area contributed by atoms with E-state index in [-0.39, 0.29) is 24.2 Å². The molecule has 0 spiro atoms. The molecule has 2 aliphatic rings. The molecule has 1 aromatic carbocycles. The predicted molar refractivity (Wildman–Crippen MR) is 105 cm³/mol. The SMILES string of the molecule is COc1ccccc1N1CC(C(=O)N2CCC(Cn3cccn3)CC2)CC1=O. The Kier molecular flexibility index (Phi) is 5.32. The Morgan fingerprint density at radius 1 is 1.21 bits per heavy atom. The third-order valence-corrected chi connectivity index (χ3v) is 5.78. The van der Waals surface area contributed by atoms with E-state index in [1.165, 1.54) is 0 Å². The van der Waals surface area contributed by atoms with E-state index in [2.05, 4.69) is 5.10 Å². The van der Waals surface area contributed by atoms with E-state index in [9.17, 15) is 9.59 Å². The number of amides is 2.